The minimum atomic E-state index is -3.42. The lowest BCUT2D eigenvalue weighted by Gasteiger charge is -2.11. The maximum Gasteiger partial charge on any atom is 0.277 e. The highest BCUT2D eigenvalue weighted by molar-refractivity contribution is 7.87. The van der Waals surface area contributed by atoms with Crippen molar-refractivity contribution in [2.75, 3.05) is 26.8 Å². The zero-order chi connectivity index (χ0) is 11.0. The van der Waals surface area contributed by atoms with Crippen molar-refractivity contribution in [3.05, 3.63) is 0 Å². The van der Waals surface area contributed by atoms with Crippen LogP contribution in [0.15, 0.2) is 0 Å². The zero-order valence-corrected chi connectivity index (χ0v) is 9.43. The fourth-order valence-corrected chi connectivity index (χ4v) is 1.58. The fourth-order valence-electron chi connectivity index (χ4n) is 0.690. The summed E-state index contributed by atoms with van der Waals surface area (Å²) in [6, 6.07) is -0.144. The predicted octanol–water partition coefficient (Wildman–Crippen LogP) is -1.21. The van der Waals surface area contributed by atoms with Gasteiger partial charge in [0.25, 0.3) is 10.2 Å². The number of hydrogen-bond donors (Lipinski definition) is 3. The van der Waals surface area contributed by atoms with Crippen molar-refractivity contribution in [1.29, 1.82) is 0 Å². The molecule has 0 amide bonds. The van der Waals surface area contributed by atoms with Crippen molar-refractivity contribution in [2.24, 2.45) is 5.73 Å². The third-order valence-corrected chi connectivity index (χ3v) is 2.79. The van der Waals surface area contributed by atoms with Crippen molar-refractivity contribution < 1.29 is 13.2 Å². The lowest BCUT2D eigenvalue weighted by Crippen LogP contribution is -2.43. The Bertz CT molecular complexity index is 230. The highest BCUT2D eigenvalue weighted by Gasteiger charge is 2.09. The second-order valence-corrected chi connectivity index (χ2v) is 4.49. The van der Waals surface area contributed by atoms with E-state index in [0.29, 0.717) is 6.61 Å². The summed E-state index contributed by atoms with van der Waals surface area (Å²) in [6.45, 7) is 2.75. The molecule has 1 unspecified atom stereocenters. The topological polar surface area (TPSA) is 93.5 Å². The van der Waals surface area contributed by atoms with Crippen LogP contribution >= 0.6 is 0 Å². The maximum absolute atomic E-state index is 11.2. The maximum atomic E-state index is 11.2. The van der Waals surface area contributed by atoms with Crippen molar-refractivity contribution in [1.82, 2.24) is 9.44 Å². The Morgan fingerprint density at radius 2 is 2.07 bits per heavy atom. The molecule has 1 atom stereocenters. The van der Waals surface area contributed by atoms with Crippen LogP contribution in [0.5, 0.6) is 0 Å². The molecule has 14 heavy (non-hydrogen) atoms. The van der Waals surface area contributed by atoms with Gasteiger partial charge in [-0.2, -0.15) is 13.1 Å². The van der Waals surface area contributed by atoms with Gasteiger partial charge in [0.1, 0.15) is 0 Å². The van der Waals surface area contributed by atoms with Crippen LogP contribution in [0, 0.1) is 0 Å². The van der Waals surface area contributed by atoms with Crippen LogP contribution in [0.2, 0.25) is 0 Å². The number of methoxy groups -OCH3 is 1. The van der Waals surface area contributed by atoms with Crippen molar-refractivity contribution in [2.45, 2.75) is 19.4 Å². The van der Waals surface area contributed by atoms with Crippen LogP contribution in [0.25, 0.3) is 0 Å². The molecular weight excluding hydrogens is 206 g/mol. The third kappa shape index (κ3) is 7.22. The molecule has 0 rings (SSSR count). The summed E-state index contributed by atoms with van der Waals surface area (Å²) in [7, 11) is -1.91. The summed E-state index contributed by atoms with van der Waals surface area (Å²) < 4.78 is 31.8. The summed E-state index contributed by atoms with van der Waals surface area (Å²) in [5, 5.41) is 0. The van der Waals surface area contributed by atoms with Crippen molar-refractivity contribution in [3.8, 4) is 0 Å². The second kappa shape index (κ2) is 7.13. The van der Waals surface area contributed by atoms with E-state index in [-0.39, 0.29) is 19.1 Å². The lowest BCUT2D eigenvalue weighted by atomic mass is 10.2. The summed E-state index contributed by atoms with van der Waals surface area (Å²) in [5.41, 5.74) is 5.56. The summed E-state index contributed by atoms with van der Waals surface area (Å²) in [5.74, 6) is 0. The highest BCUT2D eigenvalue weighted by atomic mass is 32.2. The first-order valence-corrected chi connectivity index (χ1v) is 5.99. The van der Waals surface area contributed by atoms with Gasteiger partial charge in [0, 0.05) is 26.2 Å². The molecule has 0 spiro atoms. The largest absolute Gasteiger partial charge is 0.383 e. The molecule has 0 aromatic heterocycles. The van der Waals surface area contributed by atoms with Gasteiger partial charge in [-0.25, -0.2) is 4.72 Å². The Labute approximate surface area is 85.4 Å². The molecule has 0 heterocycles. The molecule has 7 heteroatoms. The Balaban J connectivity index is 3.73. The van der Waals surface area contributed by atoms with E-state index in [4.69, 9.17) is 10.5 Å². The summed E-state index contributed by atoms with van der Waals surface area (Å²) in [6.07, 6.45) is 0.737. The van der Waals surface area contributed by atoms with E-state index < -0.39 is 10.2 Å². The molecule has 0 fully saturated rings. The molecule has 0 aliphatic carbocycles. The number of rotatable bonds is 8. The molecule has 4 N–H and O–H groups in total. The minimum Gasteiger partial charge on any atom is -0.383 e. The summed E-state index contributed by atoms with van der Waals surface area (Å²) >= 11 is 0. The first-order valence-electron chi connectivity index (χ1n) is 4.50. The van der Waals surface area contributed by atoms with Crippen LogP contribution in [0.3, 0.4) is 0 Å². The van der Waals surface area contributed by atoms with E-state index in [1.807, 2.05) is 6.92 Å². The lowest BCUT2D eigenvalue weighted by molar-refractivity contribution is 0.204. The standard InChI is InChI=1S/C7H19N3O3S/c1-3-7(8)6-10-14(11,12)9-4-5-13-2/h7,9-10H,3-6,8H2,1-2H3. The van der Waals surface area contributed by atoms with E-state index >= 15 is 0 Å². The molecule has 0 aliphatic heterocycles. The van der Waals surface area contributed by atoms with Crippen molar-refractivity contribution in [3.63, 3.8) is 0 Å². The van der Waals surface area contributed by atoms with Gasteiger partial charge in [-0.05, 0) is 6.42 Å². The average molecular weight is 225 g/mol. The SMILES string of the molecule is CCC(N)CNS(=O)(=O)NCCOC. The first-order chi connectivity index (χ1) is 6.52. The van der Waals surface area contributed by atoms with E-state index in [2.05, 4.69) is 9.44 Å². The van der Waals surface area contributed by atoms with Crippen LogP contribution in [0.1, 0.15) is 13.3 Å². The van der Waals surface area contributed by atoms with Gasteiger partial charge >= 0.3 is 0 Å². The van der Waals surface area contributed by atoms with Crippen LogP contribution in [-0.4, -0.2) is 41.3 Å². The third-order valence-electron chi connectivity index (χ3n) is 1.66. The van der Waals surface area contributed by atoms with Crippen LogP contribution in [0.4, 0.5) is 0 Å². The van der Waals surface area contributed by atoms with Gasteiger partial charge in [0.2, 0.25) is 0 Å². The zero-order valence-electron chi connectivity index (χ0n) is 8.62. The van der Waals surface area contributed by atoms with E-state index in [1.54, 1.807) is 0 Å². The highest BCUT2D eigenvalue weighted by Crippen LogP contribution is 1.84. The summed E-state index contributed by atoms with van der Waals surface area (Å²) in [4.78, 5) is 0. The predicted molar refractivity (Wildman–Crippen MR) is 55.1 cm³/mol. The number of nitrogens with two attached hydrogens (primary N) is 1. The molecule has 0 saturated carbocycles. The Morgan fingerprint density at radius 1 is 1.43 bits per heavy atom. The molecule has 0 bridgehead atoms. The smallest absolute Gasteiger partial charge is 0.277 e. The number of ether oxygens (including phenoxy) is 1. The first kappa shape index (κ1) is 13.8. The van der Waals surface area contributed by atoms with E-state index in [0.717, 1.165) is 6.42 Å². The molecule has 86 valence electrons. The van der Waals surface area contributed by atoms with Crippen LogP contribution in [-0.2, 0) is 14.9 Å². The van der Waals surface area contributed by atoms with Gasteiger partial charge in [-0.3, -0.25) is 0 Å². The molecule has 0 saturated heterocycles. The molecular formula is C7H19N3O3S. The van der Waals surface area contributed by atoms with Gasteiger partial charge < -0.3 is 10.5 Å². The van der Waals surface area contributed by atoms with Gasteiger partial charge in [-0.15, -0.1) is 0 Å². The molecule has 0 radical (unpaired) electrons. The van der Waals surface area contributed by atoms with Gasteiger partial charge in [0.15, 0.2) is 0 Å². The molecule has 0 aromatic carbocycles. The van der Waals surface area contributed by atoms with Crippen LogP contribution < -0.4 is 15.2 Å². The monoisotopic (exact) mass is 225 g/mol. The normalized spacial score (nSPS) is 14.2. The molecule has 0 aliphatic rings. The Kier molecular flexibility index (Phi) is 7.02. The Morgan fingerprint density at radius 3 is 2.57 bits per heavy atom. The second-order valence-electron chi connectivity index (χ2n) is 2.91. The molecule has 6 nitrogen and oxygen atoms in total. The number of nitrogens with one attached hydrogen (secondary N) is 2. The van der Waals surface area contributed by atoms with Gasteiger partial charge in [-0.1, -0.05) is 6.92 Å². The van der Waals surface area contributed by atoms with E-state index in [1.165, 1.54) is 7.11 Å². The Hall–Kier alpha value is -0.210. The van der Waals surface area contributed by atoms with Crippen molar-refractivity contribution >= 4 is 10.2 Å². The minimum absolute atomic E-state index is 0.144. The van der Waals surface area contributed by atoms with E-state index in [9.17, 15) is 8.42 Å². The number of hydrogen-bond acceptors (Lipinski definition) is 4. The average Bonchev–Trinajstić information content (AvgIpc) is 2.14. The fraction of sp³-hybridized carbons (Fsp3) is 1.00. The molecule has 0 aromatic rings. The van der Waals surface area contributed by atoms with Gasteiger partial charge in [0.05, 0.1) is 6.61 Å². The quantitative estimate of drug-likeness (QED) is 0.452.